The van der Waals surface area contributed by atoms with E-state index in [1.165, 1.54) is 25.3 Å². The molecule has 1 aliphatic rings. The summed E-state index contributed by atoms with van der Waals surface area (Å²) in [6.45, 7) is 4.05. The molecule has 4 rings (SSSR count). The van der Waals surface area contributed by atoms with Crippen LogP contribution in [0.25, 0.3) is 6.08 Å². The van der Waals surface area contributed by atoms with Gasteiger partial charge in [-0.3, -0.25) is 10.1 Å². The Morgan fingerprint density at radius 2 is 1.85 bits per heavy atom. The third-order valence-electron chi connectivity index (χ3n) is 6.30. The highest BCUT2D eigenvalue weighted by Crippen LogP contribution is 2.40. The third kappa shape index (κ3) is 6.30. The van der Waals surface area contributed by atoms with Gasteiger partial charge in [-0.1, -0.05) is 36.4 Å². The molecular formula is C29H28N4O6. The first kappa shape index (κ1) is 27.1. The highest BCUT2D eigenvalue weighted by atomic mass is 16.6. The number of rotatable bonds is 9. The molecule has 1 atom stereocenters. The van der Waals surface area contributed by atoms with Gasteiger partial charge in [-0.25, -0.2) is 14.6 Å². The van der Waals surface area contributed by atoms with E-state index >= 15 is 0 Å². The Bertz CT molecular complexity index is 1490. The van der Waals surface area contributed by atoms with Crippen molar-refractivity contribution in [2.75, 3.05) is 13.7 Å². The molecule has 2 aromatic carbocycles. The summed E-state index contributed by atoms with van der Waals surface area (Å²) in [6.07, 6.45) is 8.95. The molecule has 0 saturated heterocycles. The fourth-order valence-electron chi connectivity index (χ4n) is 4.57. The lowest BCUT2D eigenvalue weighted by Gasteiger charge is -2.30. The quantitative estimate of drug-likeness (QED) is 0.244. The van der Waals surface area contributed by atoms with Crippen LogP contribution in [0.1, 0.15) is 36.5 Å². The number of dihydropyridines is 1. The zero-order valence-electron chi connectivity index (χ0n) is 21.8. The maximum absolute atomic E-state index is 13.3. The van der Waals surface area contributed by atoms with E-state index in [2.05, 4.69) is 10.3 Å². The predicted molar refractivity (Wildman–Crippen MR) is 144 cm³/mol. The second kappa shape index (κ2) is 12.0. The lowest BCUT2D eigenvalue weighted by Crippen LogP contribution is -2.32. The van der Waals surface area contributed by atoms with Gasteiger partial charge >= 0.3 is 11.9 Å². The summed E-state index contributed by atoms with van der Waals surface area (Å²) >= 11 is 0. The monoisotopic (exact) mass is 528 g/mol. The first-order chi connectivity index (χ1) is 18.8. The number of esters is 2. The Morgan fingerprint density at radius 1 is 1.10 bits per heavy atom. The molecule has 0 aliphatic carbocycles. The number of nitro groups is 1. The number of carbonyl (C=O) groups is 2. The molecule has 0 spiro atoms. The number of benzene rings is 2. The van der Waals surface area contributed by atoms with Gasteiger partial charge in [0, 0.05) is 42.5 Å². The number of hydrogen-bond donors (Lipinski definition) is 1. The van der Waals surface area contributed by atoms with E-state index in [9.17, 15) is 19.7 Å². The first-order valence-corrected chi connectivity index (χ1v) is 12.2. The largest absolute Gasteiger partial charge is 0.466 e. The van der Waals surface area contributed by atoms with Crippen LogP contribution in [0.5, 0.6) is 0 Å². The normalized spacial score (nSPS) is 15.3. The molecule has 10 nitrogen and oxygen atoms in total. The Morgan fingerprint density at radius 3 is 2.54 bits per heavy atom. The molecule has 39 heavy (non-hydrogen) atoms. The van der Waals surface area contributed by atoms with E-state index in [0.29, 0.717) is 23.5 Å². The summed E-state index contributed by atoms with van der Waals surface area (Å²) in [5.41, 5.74) is 3.62. The van der Waals surface area contributed by atoms with Crippen molar-refractivity contribution in [3.8, 4) is 0 Å². The Balaban J connectivity index is 1.54. The van der Waals surface area contributed by atoms with Gasteiger partial charge < -0.3 is 19.4 Å². The molecule has 10 heteroatoms. The van der Waals surface area contributed by atoms with Crippen LogP contribution < -0.4 is 5.32 Å². The van der Waals surface area contributed by atoms with E-state index in [1.54, 1.807) is 38.5 Å². The number of hydrogen-bond acceptors (Lipinski definition) is 8. The second-order valence-electron chi connectivity index (χ2n) is 8.96. The zero-order chi connectivity index (χ0) is 27.9. The third-order valence-corrected chi connectivity index (χ3v) is 6.30. The standard InChI is InChI=1S/C29H28N4O6/c1-19-25(28(34)38-3)27(23-10-5-11-24(16-23)33(36)37)26(20(2)31-19)29(35)39-14-6-9-21-7-4-8-22(15-21)17-32-13-12-30-18-32/h4-13,15-16,18,27,31H,14,17H2,1-3H3/b9-6+. The number of aromatic nitrogens is 2. The van der Waals surface area contributed by atoms with Crippen LogP contribution in [0.15, 0.2) is 95.9 Å². The molecule has 0 fully saturated rings. The number of non-ortho nitro benzene ring substituents is 1. The fourth-order valence-corrected chi connectivity index (χ4v) is 4.57. The van der Waals surface area contributed by atoms with Crippen LogP contribution in [-0.4, -0.2) is 40.1 Å². The number of ether oxygens (including phenoxy) is 2. The predicted octanol–water partition coefficient (Wildman–Crippen LogP) is 4.50. The summed E-state index contributed by atoms with van der Waals surface area (Å²) in [5.74, 6) is -2.20. The van der Waals surface area contributed by atoms with Crippen LogP contribution in [0, 0.1) is 10.1 Å². The van der Waals surface area contributed by atoms with Gasteiger partial charge in [0.15, 0.2) is 0 Å². The van der Waals surface area contributed by atoms with Gasteiger partial charge in [0.2, 0.25) is 0 Å². The summed E-state index contributed by atoms with van der Waals surface area (Å²) < 4.78 is 12.5. The zero-order valence-corrected chi connectivity index (χ0v) is 21.8. The van der Waals surface area contributed by atoms with E-state index in [-0.39, 0.29) is 23.4 Å². The van der Waals surface area contributed by atoms with Crippen LogP contribution in [0.2, 0.25) is 0 Å². The minimum atomic E-state index is -0.907. The van der Waals surface area contributed by atoms with Gasteiger partial charge in [-0.2, -0.15) is 0 Å². The lowest BCUT2D eigenvalue weighted by atomic mass is 9.80. The Labute approximate surface area is 225 Å². The van der Waals surface area contributed by atoms with Crippen molar-refractivity contribution in [3.05, 3.63) is 123 Å². The highest BCUT2D eigenvalue weighted by Gasteiger charge is 2.38. The van der Waals surface area contributed by atoms with Crippen LogP contribution in [0.3, 0.4) is 0 Å². The van der Waals surface area contributed by atoms with Gasteiger partial charge in [-0.15, -0.1) is 0 Å². The molecule has 1 aliphatic heterocycles. The van der Waals surface area contributed by atoms with Gasteiger partial charge in [-0.05, 0) is 42.7 Å². The van der Waals surface area contributed by atoms with Gasteiger partial charge in [0.25, 0.3) is 5.69 Å². The van der Waals surface area contributed by atoms with Crippen LogP contribution in [0.4, 0.5) is 5.69 Å². The van der Waals surface area contributed by atoms with E-state index in [4.69, 9.17) is 9.47 Å². The van der Waals surface area contributed by atoms with Crippen molar-refractivity contribution < 1.29 is 24.0 Å². The Kier molecular flexibility index (Phi) is 8.35. The lowest BCUT2D eigenvalue weighted by molar-refractivity contribution is -0.384. The first-order valence-electron chi connectivity index (χ1n) is 12.2. The molecular weight excluding hydrogens is 500 g/mol. The number of allylic oxidation sites excluding steroid dienone is 2. The van der Waals surface area contributed by atoms with Crippen molar-refractivity contribution in [1.29, 1.82) is 0 Å². The second-order valence-corrected chi connectivity index (χ2v) is 8.96. The highest BCUT2D eigenvalue weighted by molar-refractivity contribution is 6.00. The number of methoxy groups -OCH3 is 1. The molecule has 1 unspecified atom stereocenters. The molecule has 3 aromatic rings. The van der Waals surface area contributed by atoms with Crippen molar-refractivity contribution in [3.63, 3.8) is 0 Å². The summed E-state index contributed by atoms with van der Waals surface area (Å²) in [7, 11) is 1.24. The van der Waals surface area contributed by atoms with Gasteiger partial charge in [0.05, 0.1) is 35.4 Å². The fraction of sp³-hybridized carbons (Fsp3) is 0.207. The minimum Gasteiger partial charge on any atom is -0.466 e. The number of carbonyl (C=O) groups excluding carboxylic acids is 2. The number of nitrogens with one attached hydrogen (secondary N) is 1. The van der Waals surface area contributed by atoms with Crippen molar-refractivity contribution in [2.45, 2.75) is 26.3 Å². The summed E-state index contributed by atoms with van der Waals surface area (Å²) in [4.78, 5) is 41.0. The number of nitro benzene ring substituents is 1. The molecule has 0 bridgehead atoms. The summed E-state index contributed by atoms with van der Waals surface area (Å²) in [6, 6.07) is 13.8. The maximum atomic E-state index is 13.3. The van der Waals surface area contributed by atoms with E-state index < -0.39 is 22.8 Å². The van der Waals surface area contributed by atoms with Crippen molar-refractivity contribution >= 4 is 23.7 Å². The molecule has 2 heterocycles. The smallest absolute Gasteiger partial charge is 0.337 e. The SMILES string of the molecule is COC(=O)C1=C(C)NC(C)=C(C(=O)OC/C=C/c2cccc(Cn3ccnc3)c2)C1c1cccc([N+](=O)[O-])c1. The van der Waals surface area contributed by atoms with E-state index in [1.807, 2.05) is 41.1 Å². The van der Waals surface area contributed by atoms with Crippen LogP contribution in [-0.2, 0) is 25.6 Å². The minimum absolute atomic E-state index is 0.0146. The number of imidazole rings is 1. The van der Waals surface area contributed by atoms with Crippen molar-refractivity contribution in [1.82, 2.24) is 14.9 Å². The Hall–Kier alpha value is -4.99. The number of nitrogens with zero attached hydrogens (tertiary/aromatic N) is 3. The topological polar surface area (TPSA) is 126 Å². The van der Waals surface area contributed by atoms with Crippen LogP contribution >= 0.6 is 0 Å². The molecule has 1 N–H and O–H groups in total. The maximum Gasteiger partial charge on any atom is 0.337 e. The molecule has 0 radical (unpaired) electrons. The van der Waals surface area contributed by atoms with Gasteiger partial charge in [0.1, 0.15) is 6.61 Å². The molecule has 1 aromatic heterocycles. The molecule has 0 amide bonds. The summed E-state index contributed by atoms with van der Waals surface area (Å²) in [5, 5.41) is 14.5. The average molecular weight is 529 g/mol. The molecule has 0 saturated carbocycles. The van der Waals surface area contributed by atoms with E-state index in [0.717, 1.165) is 11.1 Å². The average Bonchev–Trinajstić information content (AvgIpc) is 3.43. The molecule has 200 valence electrons. The van der Waals surface area contributed by atoms with Crippen molar-refractivity contribution in [2.24, 2.45) is 0 Å².